The van der Waals surface area contributed by atoms with E-state index in [-0.39, 0.29) is 11.4 Å². The minimum atomic E-state index is -0.373. The van der Waals surface area contributed by atoms with Gasteiger partial charge in [-0.05, 0) is 68.5 Å². The van der Waals surface area contributed by atoms with Crippen molar-refractivity contribution in [2.45, 2.75) is 37.6 Å². The first-order valence-corrected chi connectivity index (χ1v) is 8.28. The van der Waals surface area contributed by atoms with Gasteiger partial charge in [0.2, 0.25) is 0 Å². The number of benzene rings is 1. The van der Waals surface area contributed by atoms with E-state index < -0.39 is 0 Å². The van der Waals surface area contributed by atoms with Gasteiger partial charge in [-0.15, -0.1) is 0 Å². The Labute approximate surface area is 135 Å². The molecule has 0 saturated heterocycles. The fourth-order valence-electron chi connectivity index (χ4n) is 3.49. The van der Waals surface area contributed by atoms with Crippen LogP contribution in [0, 0.1) is 0 Å². The molecular formula is C17H21N5O. The van der Waals surface area contributed by atoms with Gasteiger partial charge in [0.25, 0.3) is 5.91 Å². The maximum Gasteiger partial charge on any atom is 0.252 e. The molecule has 1 aliphatic carbocycles. The summed E-state index contributed by atoms with van der Waals surface area (Å²) in [6, 6.07) is 6.08. The Kier molecular flexibility index (Phi) is 3.61. The lowest BCUT2D eigenvalue weighted by molar-refractivity contribution is 0.0809. The highest BCUT2D eigenvalue weighted by atomic mass is 16.1. The summed E-state index contributed by atoms with van der Waals surface area (Å²) >= 11 is 0. The zero-order valence-corrected chi connectivity index (χ0v) is 13.1. The number of amides is 1. The van der Waals surface area contributed by atoms with E-state index in [0.29, 0.717) is 0 Å². The summed E-state index contributed by atoms with van der Waals surface area (Å²) < 4.78 is 0. The molecular weight excluding hydrogens is 290 g/mol. The van der Waals surface area contributed by atoms with Gasteiger partial charge in [0.15, 0.2) is 0 Å². The molecule has 4 rings (SSSR count). The summed E-state index contributed by atoms with van der Waals surface area (Å²) in [4.78, 5) is 17.0. The average Bonchev–Trinajstić information content (AvgIpc) is 2.96. The molecule has 0 bridgehead atoms. The van der Waals surface area contributed by atoms with Crippen LogP contribution in [-0.4, -0.2) is 34.2 Å². The van der Waals surface area contributed by atoms with Crippen molar-refractivity contribution in [3.05, 3.63) is 47.0 Å². The van der Waals surface area contributed by atoms with Crippen molar-refractivity contribution >= 4 is 5.91 Å². The van der Waals surface area contributed by atoms with Crippen molar-refractivity contribution in [3.8, 4) is 0 Å². The van der Waals surface area contributed by atoms with Crippen LogP contribution in [0.1, 0.15) is 46.6 Å². The third kappa shape index (κ3) is 2.63. The molecule has 1 aliphatic heterocycles. The molecule has 1 fully saturated rings. The predicted octanol–water partition coefficient (Wildman–Crippen LogP) is 1.30. The highest BCUT2D eigenvalue weighted by molar-refractivity contribution is 5.95. The number of nitrogens with one attached hydrogen (secondary N) is 3. The molecule has 1 saturated carbocycles. The zero-order chi connectivity index (χ0) is 15.7. The van der Waals surface area contributed by atoms with Crippen molar-refractivity contribution in [1.82, 2.24) is 25.8 Å². The number of hydrogen-bond acceptors (Lipinski definition) is 4. The number of aromatic amines is 1. The Morgan fingerprint density at radius 1 is 1.17 bits per heavy atom. The molecule has 1 aromatic carbocycles. The Morgan fingerprint density at radius 3 is 2.70 bits per heavy atom. The first-order valence-electron chi connectivity index (χ1n) is 8.28. The molecule has 1 aromatic heterocycles. The summed E-state index contributed by atoms with van der Waals surface area (Å²) in [5.74, 6) is 0.733. The highest BCUT2D eigenvalue weighted by Crippen LogP contribution is 2.39. The van der Waals surface area contributed by atoms with Crippen LogP contribution in [0.4, 0.5) is 0 Å². The number of carbonyl (C=O) groups excluding carboxylic acids is 1. The summed E-state index contributed by atoms with van der Waals surface area (Å²) in [5, 5.41) is 13.4. The number of nitrogens with zero attached hydrogens (tertiary/aromatic N) is 2. The number of H-pyrrole nitrogens is 1. The Balaban J connectivity index is 1.56. The van der Waals surface area contributed by atoms with E-state index >= 15 is 0 Å². The molecule has 6 heteroatoms. The van der Waals surface area contributed by atoms with Crippen molar-refractivity contribution in [2.75, 3.05) is 13.1 Å². The number of hydrogen-bond donors (Lipinski definition) is 3. The molecule has 2 heterocycles. The molecule has 0 spiro atoms. The van der Waals surface area contributed by atoms with Crippen LogP contribution in [-0.2, 0) is 18.4 Å². The second-order valence-corrected chi connectivity index (χ2v) is 6.46. The van der Waals surface area contributed by atoms with E-state index in [0.717, 1.165) is 56.6 Å². The smallest absolute Gasteiger partial charge is 0.252 e. The fourth-order valence-corrected chi connectivity index (χ4v) is 3.49. The van der Waals surface area contributed by atoms with E-state index in [2.05, 4.69) is 31.9 Å². The molecule has 2 aromatic rings. The highest BCUT2D eigenvalue weighted by Gasteiger charge is 2.42. The van der Waals surface area contributed by atoms with Crippen molar-refractivity contribution in [3.63, 3.8) is 0 Å². The number of fused-ring (bicyclic) bond motifs is 1. The minimum absolute atomic E-state index is 0.0268. The number of rotatable bonds is 3. The molecule has 23 heavy (non-hydrogen) atoms. The second-order valence-electron chi connectivity index (χ2n) is 6.46. The number of aromatic nitrogens is 3. The average molecular weight is 311 g/mol. The molecule has 0 atom stereocenters. The van der Waals surface area contributed by atoms with Gasteiger partial charge in [-0.1, -0.05) is 6.07 Å². The van der Waals surface area contributed by atoms with Crippen molar-refractivity contribution < 1.29 is 4.79 Å². The molecule has 1 amide bonds. The van der Waals surface area contributed by atoms with Crippen LogP contribution in [0.3, 0.4) is 0 Å². The Morgan fingerprint density at radius 2 is 2.00 bits per heavy atom. The van der Waals surface area contributed by atoms with Crippen LogP contribution >= 0.6 is 0 Å². The number of carbonyl (C=O) groups is 1. The lowest BCUT2D eigenvalue weighted by Gasteiger charge is -2.40. The van der Waals surface area contributed by atoms with Gasteiger partial charge in [-0.25, -0.2) is 4.98 Å². The van der Waals surface area contributed by atoms with E-state index in [4.69, 9.17) is 0 Å². The second kappa shape index (κ2) is 5.77. The summed E-state index contributed by atoms with van der Waals surface area (Å²) in [5.41, 5.74) is 2.99. The maximum absolute atomic E-state index is 12.7. The van der Waals surface area contributed by atoms with Crippen LogP contribution < -0.4 is 10.6 Å². The van der Waals surface area contributed by atoms with E-state index in [1.54, 1.807) is 0 Å². The molecule has 0 unspecified atom stereocenters. The van der Waals surface area contributed by atoms with E-state index in [1.807, 2.05) is 12.1 Å². The van der Waals surface area contributed by atoms with Crippen LogP contribution in [0.25, 0.3) is 0 Å². The van der Waals surface area contributed by atoms with E-state index in [1.165, 1.54) is 17.5 Å². The quantitative estimate of drug-likeness (QED) is 0.798. The van der Waals surface area contributed by atoms with Gasteiger partial charge in [0, 0.05) is 5.56 Å². The van der Waals surface area contributed by atoms with Gasteiger partial charge in [0.1, 0.15) is 12.2 Å². The van der Waals surface area contributed by atoms with Crippen LogP contribution in [0.15, 0.2) is 24.5 Å². The summed E-state index contributed by atoms with van der Waals surface area (Å²) in [7, 11) is 0. The largest absolute Gasteiger partial charge is 0.339 e. The summed E-state index contributed by atoms with van der Waals surface area (Å²) in [6.45, 7) is 1.98. The minimum Gasteiger partial charge on any atom is -0.339 e. The van der Waals surface area contributed by atoms with Crippen LogP contribution in [0.2, 0.25) is 0 Å². The summed E-state index contributed by atoms with van der Waals surface area (Å²) in [6.07, 6.45) is 6.41. The third-order valence-corrected chi connectivity index (χ3v) is 5.04. The van der Waals surface area contributed by atoms with Crippen molar-refractivity contribution in [2.24, 2.45) is 0 Å². The third-order valence-electron chi connectivity index (χ3n) is 5.04. The first-order chi connectivity index (χ1) is 11.3. The SMILES string of the molecule is O=C(NC1(c2ncn[nH]2)CCC1)c1ccc2c(c1)CCNCC2. The maximum atomic E-state index is 12.7. The molecule has 6 nitrogen and oxygen atoms in total. The molecule has 0 radical (unpaired) electrons. The first kappa shape index (κ1) is 14.4. The predicted molar refractivity (Wildman–Crippen MR) is 86.1 cm³/mol. The van der Waals surface area contributed by atoms with Gasteiger partial charge in [-0.3, -0.25) is 9.89 Å². The Bertz CT molecular complexity index is 706. The zero-order valence-electron chi connectivity index (χ0n) is 13.1. The van der Waals surface area contributed by atoms with Gasteiger partial charge < -0.3 is 10.6 Å². The molecule has 120 valence electrons. The topological polar surface area (TPSA) is 82.7 Å². The van der Waals surface area contributed by atoms with E-state index in [9.17, 15) is 4.79 Å². The van der Waals surface area contributed by atoms with Gasteiger partial charge >= 0.3 is 0 Å². The molecule has 3 N–H and O–H groups in total. The lowest BCUT2D eigenvalue weighted by Crippen LogP contribution is -2.51. The molecule has 2 aliphatic rings. The normalized spacial score (nSPS) is 19.3. The van der Waals surface area contributed by atoms with Gasteiger partial charge in [0.05, 0.1) is 5.54 Å². The monoisotopic (exact) mass is 311 g/mol. The van der Waals surface area contributed by atoms with Crippen molar-refractivity contribution in [1.29, 1.82) is 0 Å². The van der Waals surface area contributed by atoms with Gasteiger partial charge in [-0.2, -0.15) is 5.10 Å². The fraction of sp³-hybridized carbons (Fsp3) is 0.471. The lowest BCUT2D eigenvalue weighted by atomic mass is 9.76. The Hall–Kier alpha value is -2.21. The van der Waals surface area contributed by atoms with Crippen LogP contribution in [0.5, 0.6) is 0 Å². The standard InChI is InChI=1S/C17H21N5O/c23-15(21-17(6-1-7-17)16-19-11-20-22-16)14-3-2-12-4-8-18-9-5-13(12)10-14/h2-3,10-11,18H,1,4-9H2,(H,21,23)(H,19,20,22).